The molecule has 1 saturated heterocycles. The third kappa shape index (κ3) is 5.51. The van der Waals surface area contributed by atoms with Crippen LogP contribution < -0.4 is 5.32 Å². The normalized spacial score (nSPS) is 20.5. The SMILES string of the molecule is CC(C)(C)c1ccc(-c2cc(CC3CNCCC3CC(=O)N3CCc4ccccc4C3)no2)cc1. The van der Waals surface area contributed by atoms with Crippen LogP contribution in [0.2, 0.25) is 0 Å². The van der Waals surface area contributed by atoms with E-state index >= 15 is 0 Å². The summed E-state index contributed by atoms with van der Waals surface area (Å²) in [7, 11) is 0. The van der Waals surface area contributed by atoms with E-state index in [0.29, 0.717) is 18.3 Å². The van der Waals surface area contributed by atoms with Crippen molar-refractivity contribution < 1.29 is 9.32 Å². The van der Waals surface area contributed by atoms with Crippen molar-refractivity contribution in [2.45, 2.75) is 58.4 Å². The summed E-state index contributed by atoms with van der Waals surface area (Å²) >= 11 is 0. The maximum absolute atomic E-state index is 13.2. The molecule has 2 aromatic carbocycles. The maximum atomic E-state index is 13.2. The van der Waals surface area contributed by atoms with Gasteiger partial charge in [-0.25, -0.2) is 0 Å². The number of nitrogens with zero attached hydrogens (tertiary/aromatic N) is 2. The van der Waals surface area contributed by atoms with Crippen molar-refractivity contribution >= 4 is 5.91 Å². The molecule has 35 heavy (non-hydrogen) atoms. The molecule has 2 atom stereocenters. The molecule has 2 aliphatic rings. The average Bonchev–Trinajstić information content (AvgIpc) is 3.33. The lowest BCUT2D eigenvalue weighted by molar-refractivity contribution is -0.133. The maximum Gasteiger partial charge on any atom is 0.223 e. The lowest BCUT2D eigenvalue weighted by Crippen LogP contribution is -2.42. The van der Waals surface area contributed by atoms with Gasteiger partial charge in [0.2, 0.25) is 5.91 Å². The van der Waals surface area contributed by atoms with Crippen LogP contribution in [-0.2, 0) is 29.6 Å². The number of hydrogen-bond donors (Lipinski definition) is 1. The molecule has 0 spiro atoms. The Bertz CT molecular complexity index is 1160. The van der Waals surface area contributed by atoms with Crippen LogP contribution in [0, 0.1) is 11.8 Å². The van der Waals surface area contributed by atoms with E-state index in [1.165, 1.54) is 16.7 Å². The molecule has 3 aromatic rings. The highest BCUT2D eigenvalue weighted by Gasteiger charge is 2.30. The summed E-state index contributed by atoms with van der Waals surface area (Å²) in [4.78, 5) is 15.3. The zero-order valence-electron chi connectivity index (χ0n) is 21.2. The van der Waals surface area contributed by atoms with Crippen LogP contribution in [0.5, 0.6) is 0 Å². The van der Waals surface area contributed by atoms with Gasteiger partial charge in [0.05, 0.1) is 5.69 Å². The fourth-order valence-electron chi connectivity index (χ4n) is 5.49. The monoisotopic (exact) mass is 471 g/mol. The Morgan fingerprint density at radius 1 is 1.09 bits per heavy atom. The average molecular weight is 472 g/mol. The zero-order chi connectivity index (χ0) is 24.4. The molecular weight excluding hydrogens is 434 g/mol. The Balaban J connectivity index is 1.22. The minimum Gasteiger partial charge on any atom is -0.356 e. The van der Waals surface area contributed by atoms with E-state index in [1.807, 2.05) is 0 Å². The van der Waals surface area contributed by atoms with Crippen LogP contribution in [0.15, 0.2) is 59.1 Å². The second-order valence-electron chi connectivity index (χ2n) is 11.3. The van der Waals surface area contributed by atoms with E-state index < -0.39 is 0 Å². The van der Waals surface area contributed by atoms with E-state index in [9.17, 15) is 4.79 Å². The lowest BCUT2D eigenvalue weighted by atomic mass is 9.80. The third-order valence-electron chi connectivity index (χ3n) is 7.75. The van der Waals surface area contributed by atoms with Crippen molar-refractivity contribution in [3.8, 4) is 11.3 Å². The van der Waals surface area contributed by atoms with Crippen LogP contribution in [0.25, 0.3) is 11.3 Å². The van der Waals surface area contributed by atoms with E-state index in [1.54, 1.807) is 0 Å². The summed E-state index contributed by atoms with van der Waals surface area (Å²) in [6.45, 7) is 10.1. The summed E-state index contributed by atoms with van der Waals surface area (Å²) < 4.78 is 5.72. The molecule has 1 aromatic heterocycles. The molecule has 1 N–H and O–H groups in total. The minimum atomic E-state index is 0.128. The molecule has 5 rings (SSSR count). The lowest BCUT2D eigenvalue weighted by Gasteiger charge is -2.34. The second kappa shape index (κ2) is 9.98. The number of benzene rings is 2. The molecule has 2 aliphatic heterocycles. The molecule has 2 unspecified atom stereocenters. The summed E-state index contributed by atoms with van der Waals surface area (Å²) in [5, 5.41) is 7.91. The largest absolute Gasteiger partial charge is 0.356 e. The van der Waals surface area contributed by atoms with Crippen molar-refractivity contribution in [1.82, 2.24) is 15.4 Å². The van der Waals surface area contributed by atoms with Crippen LogP contribution >= 0.6 is 0 Å². The van der Waals surface area contributed by atoms with Crippen molar-refractivity contribution in [3.05, 3.63) is 77.0 Å². The van der Waals surface area contributed by atoms with Crippen LogP contribution in [0.3, 0.4) is 0 Å². The van der Waals surface area contributed by atoms with Crippen molar-refractivity contribution in [1.29, 1.82) is 0 Å². The summed E-state index contributed by atoms with van der Waals surface area (Å²) in [6.07, 6.45) is 3.43. The number of rotatable bonds is 5. The van der Waals surface area contributed by atoms with Crippen molar-refractivity contribution in [3.63, 3.8) is 0 Å². The van der Waals surface area contributed by atoms with Gasteiger partial charge in [-0.2, -0.15) is 0 Å². The number of aromatic nitrogens is 1. The summed E-state index contributed by atoms with van der Waals surface area (Å²) in [6, 6.07) is 19.1. The molecule has 5 nitrogen and oxygen atoms in total. The fourth-order valence-corrected chi connectivity index (χ4v) is 5.49. The van der Waals surface area contributed by atoms with E-state index in [0.717, 1.165) is 62.5 Å². The molecule has 0 aliphatic carbocycles. The van der Waals surface area contributed by atoms with Gasteiger partial charge in [0, 0.05) is 31.1 Å². The molecule has 5 heteroatoms. The quantitative estimate of drug-likeness (QED) is 0.543. The van der Waals surface area contributed by atoms with Gasteiger partial charge in [-0.1, -0.05) is 74.5 Å². The van der Waals surface area contributed by atoms with Gasteiger partial charge in [-0.15, -0.1) is 0 Å². The first-order chi connectivity index (χ1) is 16.9. The highest BCUT2D eigenvalue weighted by Crippen LogP contribution is 2.30. The fraction of sp³-hybridized carbons (Fsp3) is 0.467. The molecular formula is C30H37N3O2. The second-order valence-corrected chi connectivity index (χ2v) is 11.3. The number of amides is 1. The molecule has 0 saturated carbocycles. The predicted octanol–water partition coefficient (Wildman–Crippen LogP) is 5.38. The van der Waals surface area contributed by atoms with E-state index in [-0.39, 0.29) is 11.3 Å². The van der Waals surface area contributed by atoms with Crippen molar-refractivity contribution in [2.75, 3.05) is 19.6 Å². The number of piperidine rings is 1. The van der Waals surface area contributed by atoms with Crippen molar-refractivity contribution in [2.24, 2.45) is 11.8 Å². The van der Waals surface area contributed by atoms with E-state index in [2.05, 4.69) is 90.7 Å². The van der Waals surface area contributed by atoms with Gasteiger partial charge < -0.3 is 14.7 Å². The smallest absolute Gasteiger partial charge is 0.223 e. The molecule has 0 bridgehead atoms. The number of hydrogen-bond acceptors (Lipinski definition) is 4. The number of carbonyl (C=O) groups is 1. The standard InChI is InChI=1S/C30H37N3O2/c1-30(2,3)26-10-8-22(9-11-26)28-18-27(32-35-28)16-25-19-31-14-12-23(25)17-29(34)33-15-13-21-6-4-5-7-24(21)20-33/h4-11,18,23,25,31H,12-17,19-20H2,1-3H3. The first-order valence-electron chi connectivity index (χ1n) is 13.0. The Labute approximate surface area is 208 Å². The topological polar surface area (TPSA) is 58.4 Å². The van der Waals surface area contributed by atoms with Gasteiger partial charge >= 0.3 is 0 Å². The minimum absolute atomic E-state index is 0.128. The zero-order valence-corrected chi connectivity index (χ0v) is 21.2. The Kier molecular flexibility index (Phi) is 6.79. The number of carbonyl (C=O) groups excluding carboxylic acids is 1. The van der Waals surface area contributed by atoms with Crippen LogP contribution in [0.4, 0.5) is 0 Å². The molecule has 3 heterocycles. The van der Waals surface area contributed by atoms with E-state index in [4.69, 9.17) is 4.52 Å². The summed E-state index contributed by atoms with van der Waals surface area (Å²) in [5.41, 5.74) is 6.13. The Hall–Kier alpha value is -2.92. The number of fused-ring (bicyclic) bond motifs is 1. The molecule has 1 amide bonds. The Morgan fingerprint density at radius 2 is 1.86 bits per heavy atom. The van der Waals surface area contributed by atoms with Gasteiger partial charge in [0.1, 0.15) is 0 Å². The third-order valence-corrected chi connectivity index (χ3v) is 7.75. The van der Waals surface area contributed by atoms with Gasteiger partial charge in [-0.3, -0.25) is 4.79 Å². The highest BCUT2D eigenvalue weighted by atomic mass is 16.5. The van der Waals surface area contributed by atoms with Gasteiger partial charge in [0.25, 0.3) is 0 Å². The number of nitrogens with one attached hydrogen (secondary N) is 1. The molecule has 1 fully saturated rings. The first kappa shape index (κ1) is 23.8. The Morgan fingerprint density at radius 3 is 2.63 bits per heavy atom. The van der Waals surface area contributed by atoms with Crippen LogP contribution in [0.1, 0.15) is 56.0 Å². The van der Waals surface area contributed by atoms with Gasteiger partial charge in [0.15, 0.2) is 5.76 Å². The predicted molar refractivity (Wildman–Crippen MR) is 139 cm³/mol. The molecule has 184 valence electrons. The first-order valence-corrected chi connectivity index (χ1v) is 13.0. The highest BCUT2D eigenvalue weighted by molar-refractivity contribution is 5.77. The van der Waals surface area contributed by atoms with Gasteiger partial charge in [-0.05, 0) is 66.3 Å². The molecule has 0 radical (unpaired) electrons. The summed E-state index contributed by atoms with van der Waals surface area (Å²) in [5.74, 6) is 1.85. The van der Waals surface area contributed by atoms with Crippen LogP contribution in [-0.4, -0.2) is 35.6 Å².